The van der Waals surface area contributed by atoms with Crippen molar-refractivity contribution in [3.05, 3.63) is 70.9 Å². The molecule has 6 nitrogen and oxygen atoms in total. The van der Waals surface area contributed by atoms with Crippen molar-refractivity contribution < 1.29 is 14.3 Å². The van der Waals surface area contributed by atoms with Crippen LogP contribution in [0.2, 0.25) is 0 Å². The Morgan fingerprint density at radius 2 is 1.89 bits per heavy atom. The van der Waals surface area contributed by atoms with Gasteiger partial charge < -0.3 is 15.4 Å². The van der Waals surface area contributed by atoms with Crippen molar-refractivity contribution in [3.8, 4) is 6.07 Å². The molecule has 1 amide bonds. The maximum absolute atomic E-state index is 12.6. The molecule has 144 valence electrons. The molecule has 2 aromatic rings. The van der Waals surface area contributed by atoms with Gasteiger partial charge in [-0.15, -0.1) is 0 Å². The molecule has 0 heterocycles. The molecule has 2 N–H and O–H groups in total. The molecule has 2 aromatic carbocycles. The number of para-hydroxylation sites is 2. The Kier molecular flexibility index (Phi) is 7.35. The van der Waals surface area contributed by atoms with Crippen molar-refractivity contribution in [2.45, 2.75) is 27.2 Å². The van der Waals surface area contributed by atoms with E-state index in [0.29, 0.717) is 16.9 Å². The summed E-state index contributed by atoms with van der Waals surface area (Å²) in [7, 11) is 0. The monoisotopic (exact) mass is 377 g/mol. The molecule has 0 aromatic heterocycles. The highest BCUT2D eigenvalue weighted by atomic mass is 16.5. The molecule has 0 spiro atoms. The van der Waals surface area contributed by atoms with E-state index in [1.165, 1.54) is 6.20 Å². The summed E-state index contributed by atoms with van der Waals surface area (Å²) in [5.41, 5.74) is 3.29. The van der Waals surface area contributed by atoms with Gasteiger partial charge in [0.05, 0.1) is 17.9 Å². The Hall–Kier alpha value is -3.59. The van der Waals surface area contributed by atoms with Crippen LogP contribution in [0.15, 0.2) is 54.2 Å². The Bertz CT molecular complexity index is 942. The fourth-order valence-electron chi connectivity index (χ4n) is 2.68. The summed E-state index contributed by atoms with van der Waals surface area (Å²) >= 11 is 0. The van der Waals surface area contributed by atoms with Gasteiger partial charge in [0.15, 0.2) is 0 Å². The first-order chi connectivity index (χ1) is 13.5. The van der Waals surface area contributed by atoms with Gasteiger partial charge in [-0.3, -0.25) is 4.79 Å². The van der Waals surface area contributed by atoms with Crippen molar-refractivity contribution in [1.82, 2.24) is 0 Å². The molecule has 0 atom stereocenters. The van der Waals surface area contributed by atoms with Gasteiger partial charge in [0.25, 0.3) is 5.91 Å². The number of hydrogen-bond acceptors (Lipinski definition) is 5. The number of nitrogens with one attached hydrogen (secondary N) is 2. The van der Waals surface area contributed by atoms with Crippen molar-refractivity contribution in [2.75, 3.05) is 17.2 Å². The van der Waals surface area contributed by atoms with Gasteiger partial charge >= 0.3 is 5.97 Å². The molecule has 0 saturated carbocycles. The van der Waals surface area contributed by atoms with E-state index in [0.717, 1.165) is 17.5 Å². The molecule has 2 rings (SSSR count). The first kappa shape index (κ1) is 20.7. The zero-order valence-corrected chi connectivity index (χ0v) is 16.2. The Morgan fingerprint density at radius 1 is 1.14 bits per heavy atom. The summed E-state index contributed by atoms with van der Waals surface area (Å²) in [5.74, 6) is -0.998. The Morgan fingerprint density at radius 3 is 2.57 bits per heavy atom. The highest BCUT2D eigenvalue weighted by molar-refractivity contribution is 6.07. The third kappa shape index (κ3) is 4.98. The molecule has 0 fully saturated rings. The SMILES string of the molecule is CCOC(=O)c1ccccc1N/C=C(/C#N)C(=O)Nc1c(C)cccc1CC. The van der Waals surface area contributed by atoms with Crippen LogP contribution in [0.5, 0.6) is 0 Å². The zero-order chi connectivity index (χ0) is 20.5. The molecular formula is C22H23N3O3. The van der Waals surface area contributed by atoms with E-state index in [4.69, 9.17) is 4.74 Å². The van der Waals surface area contributed by atoms with Gasteiger partial charge in [-0.25, -0.2) is 4.79 Å². The average Bonchev–Trinajstić information content (AvgIpc) is 2.70. The fraction of sp³-hybridized carbons (Fsp3) is 0.227. The normalized spacial score (nSPS) is 10.7. The standard InChI is InChI=1S/C22H23N3O3/c1-4-16-10-8-9-15(3)20(16)25-21(26)17(13-23)14-24-19-12-7-6-11-18(19)22(27)28-5-2/h6-12,14,24H,4-5H2,1-3H3,(H,25,26)/b17-14-. The van der Waals surface area contributed by atoms with Crippen LogP contribution in [0.25, 0.3) is 0 Å². The summed E-state index contributed by atoms with van der Waals surface area (Å²) in [5, 5.41) is 15.1. The minimum atomic E-state index is -0.521. The molecule has 0 aliphatic carbocycles. The second-order valence-corrected chi connectivity index (χ2v) is 6.00. The lowest BCUT2D eigenvalue weighted by Crippen LogP contribution is -2.17. The van der Waals surface area contributed by atoms with Crippen LogP contribution < -0.4 is 10.6 Å². The summed E-state index contributed by atoms with van der Waals surface area (Å²) in [6, 6.07) is 14.4. The number of anilines is 2. The lowest BCUT2D eigenvalue weighted by molar-refractivity contribution is -0.112. The number of nitriles is 1. The van der Waals surface area contributed by atoms with Crippen LogP contribution in [0.4, 0.5) is 11.4 Å². The van der Waals surface area contributed by atoms with Gasteiger partial charge in [-0.05, 0) is 43.5 Å². The van der Waals surface area contributed by atoms with Gasteiger partial charge in [0.2, 0.25) is 0 Å². The van der Waals surface area contributed by atoms with E-state index in [-0.39, 0.29) is 12.2 Å². The van der Waals surface area contributed by atoms with E-state index in [1.807, 2.05) is 38.1 Å². The summed E-state index contributed by atoms with van der Waals surface area (Å²) in [6.07, 6.45) is 2.05. The number of aryl methyl sites for hydroxylation is 2. The number of nitrogens with zero attached hydrogens (tertiary/aromatic N) is 1. The maximum atomic E-state index is 12.6. The van der Waals surface area contributed by atoms with E-state index >= 15 is 0 Å². The number of hydrogen-bond donors (Lipinski definition) is 2. The molecule has 0 unspecified atom stereocenters. The number of amides is 1. The van der Waals surface area contributed by atoms with E-state index in [1.54, 1.807) is 31.2 Å². The number of carbonyl (C=O) groups excluding carboxylic acids is 2. The highest BCUT2D eigenvalue weighted by Gasteiger charge is 2.15. The second kappa shape index (κ2) is 9.93. The van der Waals surface area contributed by atoms with Gasteiger partial charge in [-0.1, -0.05) is 37.3 Å². The average molecular weight is 377 g/mol. The lowest BCUT2D eigenvalue weighted by atomic mass is 10.1. The van der Waals surface area contributed by atoms with Crippen LogP contribution in [-0.4, -0.2) is 18.5 Å². The van der Waals surface area contributed by atoms with Crippen LogP contribution >= 0.6 is 0 Å². The van der Waals surface area contributed by atoms with Crippen molar-refractivity contribution in [3.63, 3.8) is 0 Å². The summed E-state index contributed by atoms with van der Waals surface area (Å²) in [6.45, 7) is 5.88. The van der Waals surface area contributed by atoms with E-state index in [9.17, 15) is 14.9 Å². The topological polar surface area (TPSA) is 91.2 Å². The summed E-state index contributed by atoms with van der Waals surface area (Å²) in [4.78, 5) is 24.6. The molecule has 28 heavy (non-hydrogen) atoms. The lowest BCUT2D eigenvalue weighted by Gasteiger charge is -2.13. The third-order valence-electron chi connectivity index (χ3n) is 4.14. The maximum Gasteiger partial charge on any atom is 0.340 e. The molecule has 0 saturated heterocycles. The Balaban J connectivity index is 2.23. The molecular weight excluding hydrogens is 354 g/mol. The predicted molar refractivity (Wildman–Crippen MR) is 109 cm³/mol. The number of carbonyl (C=O) groups is 2. The Labute approximate surface area is 164 Å². The van der Waals surface area contributed by atoms with Crippen molar-refractivity contribution in [1.29, 1.82) is 5.26 Å². The predicted octanol–water partition coefficient (Wildman–Crippen LogP) is 4.19. The second-order valence-electron chi connectivity index (χ2n) is 6.00. The summed E-state index contributed by atoms with van der Waals surface area (Å²) < 4.78 is 5.02. The number of benzene rings is 2. The van der Waals surface area contributed by atoms with Crippen LogP contribution in [0.1, 0.15) is 35.3 Å². The van der Waals surface area contributed by atoms with Gasteiger partial charge in [0.1, 0.15) is 11.6 Å². The first-order valence-electron chi connectivity index (χ1n) is 9.04. The number of ether oxygens (including phenoxy) is 1. The molecule has 0 aliphatic heterocycles. The van der Waals surface area contributed by atoms with Crippen molar-refractivity contribution in [2.24, 2.45) is 0 Å². The largest absolute Gasteiger partial charge is 0.462 e. The minimum absolute atomic E-state index is 0.107. The van der Waals surface area contributed by atoms with Crippen LogP contribution in [0, 0.1) is 18.3 Å². The highest BCUT2D eigenvalue weighted by Crippen LogP contribution is 2.22. The quantitative estimate of drug-likeness (QED) is 0.429. The zero-order valence-electron chi connectivity index (χ0n) is 16.2. The minimum Gasteiger partial charge on any atom is -0.462 e. The molecule has 0 bridgehead atoms. The molecule has 0 radical (unpaired) electrons. The third-order valence-corrected chi connectivity index (χ3v) is 4.14. The van der Waals surface area contributed by atoms with Crippen molar-refractivity contribution >= 4 is 23.3 Å². The number of rotatable bonds is 7. The van der Waals surface area contributed by atoms with E-state index in [2.05, 4.69) is 10.6 Å². The van der Waals surface area contributed by atoms with E-state index < -0.39 is 11.9 Å². The molecule has 6 heteroatoms. The van der Waals surface area contributed by atoms with Crippen LogP contribution in [-0.2, 0) is 16.0 Å². The van der Waals surface area contributed by atoms with Gasteiger partial charge in [0, 0.05) is 11.9 Å². The smallest absolute Gasteiger partial charge is 0.340 e. The number of esters is 1. The van der Waals surface area contributed by atoms with Crippen LogP contribution in [0.3, 0.4) is 0 Å². The van der Waals surface area contributed by atoms with Gasteiger partial charge in [-0.2, -0.15) is 5.26 Å². The first-order valence-corrected chi connectivity index (χ1v) is 9.04. The molecule has 0 aliphatic rings. The fourth-order valence-corrected chi connectivity index (χ4v) is 2.68.